The Hall–Kier alpha value is -2.24. The van der Waals surface area contributed by atoms with Crippen LogP contribution in [0.15, 0.2) is 54.2 Å². The maximum Gasteiger partial charge on any atom is 0.246 e. The molecule has 0 radical (unpaired) electrons. The van der Waals surface area contributed by atoms with Gasteiger partial charge < -0.3 is 11.1 Å². The van der Waals surface area contributed by atoms with Gasteiger partial charge in [0, 0.05) is 22.7 Å². The van der Waals surface area contributed by atoms with E-state index in [1.807, 2.05) is 41.8 Å². The summed E-state index contributed by atoms with van der Waals surface area (Å²) in [5.41, 5.74) is 6.69. The standard InChI is InChI=1S/C15H13N3OS/c16-14(13-5-2-8-20-13)15(19)18-12-4-1-3-10-6-7-17-9-11(10)12/h1-9,14H,16H2,(H,18,19). The number of carbonyl (C=O) groups is 1. The average Bonchev–Trinajstić information content (AvgIpc) is 3.01. The number of amides is 1. The van der Waals surface area contributed by atoms with E-state index in [1.54, 1.807) is 12.4 Å². The molecule has 1 aromatic carbocycles. The summed E-state index contributed by atoms with van der Waals surface area (Å²) in [6.07, 6.45) is 3.47. The second-order valence-electron chi connectivity index (χ2n) is 4.38. The lowest BCUT2D eigenvalue weighted by molar-refractivity contribution is -0.117. The van der Waals surface area contributed by atoms with Gasteiger partial charge in [-0.1, -0.05) is 18.2 Å². The molecule has 0 saturated heterocycles. The minimum absolute atomic E-state index is 0.219. The molecule has 2 aromatic heterocycles. The lowest BCUT2D eigenvalue weighted by Crippen LogP contribution is -2.27. The molecule has 0 saturated carbocycles. The smallest absolute Gasteiger partial charge is 0.246 e. The van der Waals surface area contributed by atoms with E-state index >= 15 is 0 Å². The van der Waals surface area contributed by atoms with Crippen LogP contribution in [0.1, 0.15) is 10.9 Å². The van der Waals surface area contributed by atoms with Crippen LogP contribution in [0.25, 0.3) is 10.8 Å². The van der Waals surface area contributed by atoms with Crippen LogP contribution in [-0.4, -0.2) is 10.9 Å². The molecule has 3 rings (SSSR count). The first-order chi connectivity index (χ1) is 9.75. The van der Waals surface area contributed by atoms with Crippen molar-refractivity contribution in [3.63, 3.8) is 0 Å². The SMILES string of the molecule is NC(C(=O)Nc1cccc2ccncc12)c1cccs1. The first-order valence-corrected chi connectivity index (χ1v) is 7.06. The molecule has 0 bridgehead atoms. The number of nitrogens with zero attached hydrogens (tertiary/aromatic N) is 1. The van der Waals surface area contributed by atoms with Gasteiger partial charge in [-0.2, -0.15) is 0 Å². The molecule has 3 aromatic rings. The molecule has 0 aliphatic heterocycles. The number of anilines is 1. The lowest BCUT2D eigenvalue weighted by Gasteiger charge is -2.12. The third kappa shape index (κ3) is 2.41. The predicted molar refractivity (Wildman–Crippen MR) is 81.6 cm³/mol. The molecule has 20 heavy (non-hydrogen) atoms. The Morgan fingerprint density at radius 1 is 1.25 bits per heavy atom. The van der Waals surface area contributed by atoms with Crippen LogP contribution in [0.3, 0.4) is 0 Å². The molecule has 1 amide bonds. The average molecular weight is 283 g/mol. The van der Waals surface area contributed by atoms with Crippen LogP contribution in [-0.2, 0) is 4.79 Å². The van der Waals surface area contributed by atoms with Crippen molar-refractivity contribution in [2.24, 2.45) is 5.73 Å². The zero-order valence-corrected chi connectivity index (χ0v) is 11.4. The summed E-state index contributed by atoms with van der Waals surface area (Å²) in [6.45, 7) is 0. The van der Waals surface area contributed by atoms with Crippen molar-refractivity contribution in [1.82, 2.24) is 4.98 Å². The van der Waals surface area contributed by atoms with Gasteiger partial charge in [0.05, 0.1) is 5.69 Å². The van der Waals surface area contributed by atoms with Crippen molar-refractivity contribution >= 4 is 33.7 Å². The number of fused-ring (bicyclic) bond motifs is 1. The van der Waals surface area contributed by atoms with Gasteiger partial charge in [0.1, 0.15) is 6.04 Å². The van der Waals surface area contributed by atoms with Crippen molar-refractivity contribution in [2.45, 2.75) is 6.04 Å². The van der Waals surface area contributed by atoms with Gasteiger partial charge in [-0.15, -0.1) is 11.3 Å². The number of pyridine rings is 1. The van der Waals surface area contributed by atoms with Crippen LogP contribution in [0.5, 0.6) is 0 Å². The zero-order chi connectivity index (χ0) is 13.9. The van der Waals surface area contributed by atoms with Crippen LogP contribution < -0.4 is 11.1 Å². The maximum absolute atomic E-state index is 12.2. The number of aromatic nitrogens is 1. The van der Waals surface area contributed by atoms with E-state index in [2.05, 4.69) is 10.3 Å². The number of hydrogen-bond donors (Lipinski definition) is 2. The molecule has 0 aliphatic carbocycles. The highest BCUT2D eigenvalue weighted by atomic mass is 32.1. The molecule has 2 heterocycles. The van der Waals surface area contributed by atoms with Gasteiger partial charge in [0.25, 0.3) is 0 Å². The first kappa shape index (κ1) is 12.8. The largest absolute Gasteiger partial charge is 0.324 e. The van der Waals surface area contributed by atoms with Gasteiger partial charge in [-0.05, 0) is 29.0 Å². The fourth-order valence-corrected chi connectivity index (χ4v) is 2.76. The first-order valence-electron chi connectivity index (χ1n) is 6.18. The highest BCUT2D eigenvalue weighted by molar-refractivity contribution is 7.10. The number of rotatable bonds is 3. The Morgan fingerprint density at radius 2 is 2.15 bits per heavy atom. The highest BCUT2D eigenvalue weighted by Gasteiger charge is 2.17. The van der Waals surface area contributed by atoms with E-state index in [0.29, 0.717) is 0 Å². The summed E-state index contributed by atoms with van der Waals surface area (Å²) in [5.74, 6) is -0.219. The maximum atomic E-state index is 12.2. The van der Waals surface area contributed by atoms with Crippen LogP contribution in [0, 0.1) is 0 Å². The Labute approximate surface area is 120 Å². The summed E-state index contributed by atoms with van der Waals surface area (Å²) in [7, 11) is 0. The Balaban J connectivity index is 1.88. The summed E-state index contributed by atoms with van der Waals surface area (Å²) >= 11 is 1.48. The minimum Gasteiger partial charge on any atom is -0.324 e. The van der Waals surface area contributed by atoms with Crippen molar-refractivity contribution in [3.8, 4) is 0 Å². The van der Waals surface area contributed by atoms with E-state index in [1.165, 1.54) is 11.3 Å². The van der Waals surface area contributed by atoms with E-state index in [4.69, 9.17) is 5.73 Å². The molecular weight excluding hydrogens is 270 g/mol. The molecule has 1 unspecified atom stereocenters. The Bertz CT molecular complexity index is 734. The molecule has 1 atom stereocenters. The van der Waals surface area contributed by atoms with E-state index < -0.39 is 6.04 Å². The molecule has 5 heteroatoms. The molecule has 4 nitrogen and oxygen atoms in total. The van der Waals surface area contributed by atoms with Gasteiger partial charge in [0.2, 0.25) is 5.91 Å². The topological polar surface area (TPSA) is 68.0 Å². The van der Waals surface area contributed by atoms with Gasteiger partial charge in [0.15, 0.2) is 0 Å². The molecule has 0 spiro atoms. The molecule has 0 fully saturated rings. The fraction of sp³-hybridized carbons (Fsp3) is 0.0667. The van der Waals surface area contributed by atoms with E-state index in [-0.39, 0.29) is 5.91 Å². The second kappa shape index (κ2) is 5.40. The van der Waals surface area contributed by atoms with Crippen LogP contribution in [0.4, 0.5) is 5.69 Å². The zero-order valence-electron chi connectivity index (χ0n) is 10.6. The highest BCUT2D eigenvalue weighted by Crippen LogP contribution is 2.24. The summed E-state index contributed by atoms with van der Waals surface area (Å²) in [4.78, 5) is 17.1. The number of thiophene rings is 1. The number of nitrogens with two attached hydrogens (primary N) is 1. The summed E-state index contributed by atoms with van der Waals surface area (Å²) in [5, 5.41) is 6.72. The normalized spacial score (nSPS) is 12.2. The van der Waals surface area contributed by atoms with Gasteiger partial charge in [-0.3, -0.25) is 9.78 Å². The van der Waals surface area contributed by atoms with E-state index in [0.717, 1.165) is 21.3 Å². The number of nitrogens with one attached hydrogen (secondary N) is 1. The number of carbonyl (C=O) groups excluding carboxylic acids is 1. The third-order valence-corrected chi connectivity index (χ3v) is 4.03. The van der Waals surface area contributed by atoms with Crippen molar-refractivity contribution < 1.29 is 4.79 Å². The van der Waals surface area contributed by atoms with Crippen LogP contribution >= 0.6 is 11.3 Å². The van der Waals surface area contributed by atoms with Gasteiger partial charge >= 0.3 is 0 Å². The van der Waals surface area contributed by atoms with Gasteiger partial charge in [-0.25, -0.2) is 0 Å². The third-order valence-electron chi connectivity index (χ3n) is 3.07. The number of benzene rings is 1. The molecular formula is C15H13N3OS. The van der Waals surface area contributed by atoms with Crippen molar-refractivity contribution in [3.05, 3.63) is 59.0 Å². The Kier molecular flexibility index (Phi) is 3.45. The molecule has 100 valence electrons. The number of hydrogen-bond acceptors (Lipinski definition) is 4. The van der Waals surface area contributed by atoms with Crippen molar-refractivity contribution in [1.29, 1.82) is 0 Å². The minimum atomic E-state index is -0.651. The molecule has 3 N–H and O–H groups in total. The molecule has 0 aliphatic rings. The van der Waals surface area contributed by atoms with E-state index in [9.17, 15) is 4.79 Å². The monoisotopic (exact) mass is 283 g/mol. The second-order valence-corrected chi connectivity index (χ2v) is 5.36. The van der Waals surface area contributed by atoms with Crippen molar-refractivity contribution in [2.75, 3.05) is 5.32 Å². The summed E-state index contributed by atoms with van der Waals surface area (Å²) in [6, 6.07) is 10.7. The lowest BCUT2D eigenvalue weighted by atomic mass is 10.1. The van der Waals surface area contributed by atoms with Crippen LogP contribution in [0.2, 0.25) is 0 Å². The Morgan fingerprint density at radius 3 is 2.95 bits per heavy atom. The fourth-order valence-electron chi connectivity index (χ4n) is 2.03. The quantitative estimate of drug-likeness (QED) is 0.776. The summed E-state index contributed by atoms with van der Waals surface area (Å²) < 4.78 is 0. The predicted octanol–water partition coefficient (Wildman–Crippen LogP) is 2.93.